The zero-order valence-electron chi connectivity index (χ0n) is 29.9. The zero-order chi connectivity index (χ0) is 36.7. The third kappa shape index (κ3) is 12.4. The van der Waals surface area contributed by atoms with Crippen LogP contribution in [0.4, 0.5) is 9.59 Å². The Balaban J connectivity index is 1.28. The molecular weight excluding hydrogens is 695 g/mol. The molecule has 5 aromatic rings. The standard InChI is InChI=1S/C39H47N7O4S2/c1-28(2)37-42-33(26-51-37)23-45(3)38(48)44-35(24-46-18-10-17-41-46)36(47)21-31(19-29-11-6-4-7-12-29)15-16-32(20-30-13-8-5-9-14-30)43-39(49)50-25-34-22-40-27-52-34/h4-14,17-18,22,26-28,31-32,35H,15-16,19-21,23-25H2,1-3H3,(H,43,49)(H,44,48). The van der Waals surface area contributed by atoms with Crippen LogP contribution in [0.5, 0.6) is 0 Å². The number of benzene rings is 2. The average molecular weight is 742 g/mol. The first-order chi connectivity index (χ1) is 25.2. The molecule has 2 N–H and O–H groups in total. The first kappa shape index (κ1) is 38.4. The third-order valence-corrected chi connectivity index (χ3v) is 10.6. The van der Waals surface area contributed by atoms with Gasteiger partial charge in [-0.25, -0.2) is 14.6 Å². The average Bonchev–Trinajstić information content (AvgIpc) is 3.95. The molecular formula is C39H47N7O4S2. The van der Waals surface area contributed by atoms with E-state index in [2.05, 4.69) is 51.7 Å². The van der Waals surface area contributed by atoms with E-state index in [1.165, 1.54) is 11.3 Å². The van der Waals surface area contributed by atoms with Crippen molar-refractivity contribution in [2.75, 3.05) is 7.05 Å². The molecule has 3 atom stereocenters. The van der Waals surface area contributed by atoms with E-state index < -0.39 is 12.1 Å². The van der Waals surface area contributed by atoms with Crippen LogP contribution in [0, 0.1) is 5.92 Å². The van der Waals surface area contributed by atoms with Gasteiger partial charge in [-0.05, 0) is 48.8 Å². The van der Waals surface area contributed by atoms with Gasteiger partial charge in [0.15, 0.2) is 5.78 Å². The molecule has 52 heavy (non-hydrogen) atoms. The Morgan fingerprint density at radius 1 is 0.923 bits per heavy atom. The monoisotopic (exact) mass is 741 g/mol. The minimum atomic E-state index is -0.797. The quantitative estimate of drug-likeness (QED) is 0.0911. The predicted molar refractivity (Wildman–Crippen MR) is 204 cm³/mol. The van der Waals surface area contributed by atoms with E-state index in [0.29, 0.717) is 38.1 Å². The number of nitrogens with zero attached hydrogens (tertiary/aromatic N) is 5. The van der Waals surface area contributed by atoms with E-state index in [0.717, 1.165) is 26.7 Å². The van der Waals surface area contributed by atoms with Gasteiger partial charge in [-0.3, -0.25) is 14.5 Å². The maximum atomic E-state index is 14.2. The van der Waals surface area contributed by atoms with Crippen LogP contribution in [-0.2, 0) is 42.1 Å². The fourth-order valence-electron chi connectivity index (χ4n) is 5.93. The second-order valence-electron chi connectivity index (χ2n) is 13.3. The lowest BCUT2D eigenvalue weighted by atomic mass is 9.86. The highest BCUT2D eigenvalue weighted by Gasteiger charge is 2.27. The lowest BCUT2D eigenvalue weighted by molar-refractivity contribution is -0.122. The van der Waals surface area contributed by atoms with Crippen molar-refractivity contribution in [3.63, 3.8) is 0 Å². The lowest BCUT2D eigenvalue weighted by Gasteiger charge is -2.26. The summed E-state index contributed by atoms with van der Waals surface area (Å²) in [6.45, 7) is 4.88. The summed E-state index contributed by atoms with van der Waals surface area (Å²) >= 11 is 3.02. The molecule has 0 saturated carbocycles. The van der Waals surface area contributed by atoms with Crippen molar-refractivity contribution in [3.8, 4) is 0 Å². The number of aromatic nitrogens is 4. The molecule has 0 spiro atoms. The SMILES string of the molecule is CC(C)c1nc(CN(C)C(=O)NC(Cn2cccn2)C(=O)CC(CCC(Cc2ccccc2)NC(=O)OCc2cncs2)Cc2ccccc2)cs1. The van der Waals surface area contributed by atoms with Crippen LogP contribution in [-0.4, -0.2) is 61.7 Å². The molecule has 3 unspecified atom stereocenters. The smallest absolute Gasteiger partial charge is 0.407 e. The highest BCUT2D eigenvalue weighted by atomic mass is 32.1. The number of alkyl carbamates (subject to hydrolysis) is 1. The van der Waals surface area contributed by atoms with Gasteiger partial charge in [0.2, 0.25) is 0 Å². The number of carbonyl (C=O) groups is 3. The van der Waals surface area contributed by atoms with Gasteiger partial charge in [-0.2, -0.15) is 5.10 Å². The number of rotatable bonds is 19. The van der Waals surface area contributed by atoms with Crippen LogP contribution in [0.3, 0.4) is 0 Å². The van der Waals surface area contributed by atoms with E-state index >= 15 is 0 Å². The molecule has 3 aromatic heterocycles. The Morgan fingerprint density at radius 2 is 1.65 bits per heavy atom. The van der Waals surface area contributed by atoms with Gasteiger partial charge < -0.3 is 20.3 Å². The Morgan fingerprint density at radius 3 is 2.29 bits per heavy atom. The van der Waals surface area contributed by atoms with Crippen LogP contribution < -0.4 is 10.6 Å². The fourth-order valence-corrected chi connectivity index (χ4v) is 7.26. The third-order valence-electron chi connectivity index (χ3n) is 8.68. The second-order valence-corrected chi connectivity index (χ2v) is 15.2. The van der Waals surface area contributed by atoms with E-state index in [9.17, 15) is 14.4 Å². The van der Waals surface area contributed by atoms with Crippen LogP contribution in [0.25, 0.3) is 0 Å². The van der Waals surface area contributed by atoms with Crippen molar-refractivity contribution in [2.45, 2.75) is 83.6 Å². The van der Waals surface area contributed by atoms with Gasteiger partial charge in [-0.1, -0.05) is 74.5 Å². The summed E-state index contributed by atoms with van der Waals surface area (Å²) in [6.07, 6.45) is 7.46. The van der Waals surface area contributed by atoms with Gasteiger partial charge in [0.25, 0.3) is 0 Å². The van der Waals surface area contributed by atoms with Gasteiger partial charge in [0.1, 0.15) is 12.6 Å². The van der Waals surface area contributed by atoms with E-state index in [-0.39, 0.29) is 43.3 Å². The minimum Gasteiger partial charge on any atom is -0.444 e. The number of hydrogen-bond donors (Lipinski definition) is 2. The number of ether oxygens (including phenoxy) is 1. The molecule has 11 nitrogen and oxygen atoms in total. The van der Waals surface area contributed by atoms with Crippen molar-refractivity contribution in [2.24, 2.45) is 5.92 Å². The molecule has 0 aliphatic heterocycles. The number of ketones is 1. The van der Waals surface area contributed by atoms with Gasteiger partial charge >= 0.3 is 12.1 Å². The highest BCUT2D eigenvalue weighted by molar-refractivity contribution is 7.09. The summed E-state index contributed by atoms with van der Waals surface area (Å²) in [6, 6.07) is 20.5. The Labute approximate surface area is 313 Å². The number of urea groups is 1. The summed E-state index contributed by atoms with van der Waals surface area (Å²) in [4.78, 5) is 51.8. The molecule has 2 aromatic carbocycles. The molecule has 13 heteroatoms. The number of thiazole rings is 2. The summed E-state index contributed by atoms with van der Waals surface area (Å²) in [5.41, 5.74) is 4.73. The maximum Gasteiger partial charge on any atom is 0.407 e. The van der Waals surface area contributed by atoms with Crippen molar-refractivity contribution in [1.82, 2.24) is 35.3 Å². The summed E-state index contributed by atoms with van der Waals surface area (Å²) < 4.78 is 7.19. The van der Waals surface area contributed by atoms with Crippen molar-refractivity contribution < 1.29 is 19.1 Å². The maximum absolute atomic E-state index is 14.2. The number of hydrogen-bond acceptors (Lipinski definition) is 9. The molecule has 274 valence electrons. The fraction of sp³-hybridized carbons (Fsp3) is 0.385. The van der Waals surface area contributed by atoms with Crippen molar-refractivity contribution in [1.29, 1.82) is 0 Å². The number of Topliss-reactive ketones (excluding diaryl/α,β-unsaturated/α-hetero) is 1. The first-order valence-electron chi connectivity index (χ1n) is 17.6. The van der Waals surface area contributed by atoms with E-state index in [1.54, 1.807) is 58.1 Å². The molecule has 0 radical (unpaired) electrons. The van der Waals surface area contributed by atoms with E-state index in [1.807, 2.05) is 53.9 Å². The minimum absolute atomic E-state index is 0.0533. The largest absolute Gasteiger partial charge is 0.444 e. The van der Waals surface area contributed by atoms with Crippen LogP contribution in [0.1, 0.15) is 65.7 Å². The van der Waals surface area contributed by atoms with Crippen molar-refractivity contribution >= 4 is 40.6 Å². The number of amides is 3. The molecule has 3 heterocycles. The number of carbonyl (C=O) groups excluding carboxylic acids is 3. The highest BCUT2D eigenvalue weighted by Crippen LogP contribution is 2.23. The molecule has 0 aliphatic rings. The lowest BCUT2D eigenvalue weighted by Crippen LogP contribution is -2.49. The molecule has 3 amide bonds. The molecule has 0 aliphatic carbocycles. The number of nitrogens with one attached hydrogen (secondary N) is 2. The normalized spacial score (nSPS) is 12.9. The first-order valence-corrected chi connectivity index (χ1v) is 19.3. The molecule has 0 bridgehead atoms. The van der Waals surface area contributed by atoms with E-state index in [4.69, 9.17) is 4.74 Å². The topological polar surface area (TPSA) is 131 Å². The molecule has 0 saturated heterocycles. The molecule has 0 fully saturated rings. The second kappa shape index (κ2) is 19.7. The Kier molecular flexibility index (Phi) is 14.5. The molecule has 5 rings (SSSR count). The Hall–Kier alpha value is -4.88. The zero-order valence-corrected chi connectivity index (χ0v) is 31.5. The van der Waals surface area contributed by atoms with Crippen LogP contribution >= 0.6 is 22.7 Å². The van der Waals surface area contributed by atoms with Gasteiger partial charge in [0.05, 0.1) is 34.2 Å². The summed E-state index contributed by atoms with van der Waals surface area (Å²) in [7, 11) is 1.71. The van der Waals surface area contributed by atoms with Gasteiger partial charge in [0, 0.05) is 49.4 Å². The predicted octanol–water partition coefficient (Wildman–Crippen LogP) is 7.27. The van der Waals surface area contributed by atoms with Crippen LogP contribution in [0.15, 0.2) is 96.2 Å². The van der Waals surface area contributed by atoms with Crippen LogP contribution in [0.2, 0.25) is 0 Å². The van der Waals surface area contributed by atoms with Gasteiger partial charge in [-0.15, -0.1) is 22.7 Å². The van der Waals surface area contributed by atoms with Crippen molar-refractivity contribution in [3.05, 3.63) is 123 Å². The Bertz CT molecular complexity index is 1800. The summed E-state index contributed by atoms with van der Waals surface area (Å²) in [5.74, 6) is 0.179. The summed E-state index contributed by atoms with van der Waals surface area (Å²) in [5, 5.41) is 13.4.